The van der Waals surface area contributed by atoms with Gasteiger partial charge in [-0.15, -0.1) is 0 Å². The van der Waals surface area contributed by atoms with Crippen LogP contribution >= 0.6 is 0 Å². The third kappa shape index (κ3) is 1.83. The topological polar surface area (TPSA) is 38.9 Å². The van der Waals surface area contributed by atoms with Crippen LogP contribution < -0.4 is 0 Å². The van der Waals surface area contributed by atoms with E-state index in [1.54, 1.807) is 12.5 Å². The molecule has 3 heteroatoms. The largest absolute Gasteiger partial charge is 0.363 e. The molecule has 0 amide bonds. The predicted molar refractivity (Wildman–Crippen MR) is 65.2 cm³/mol. The van der Waals surface area contributed by atoms with Gasteiger partial charge in [0.15, 0.2) is 0 Å². The van der Waals surface area contributed by atoms with Crippen LogP contribution in [-0.4, -0.2) is 10.1 Å². The van der Waals surface area contributed by atoms with E-state index in [-0.39, 0.29) is 0 Å². The van der Waals surface area contributed by atoms with E-state index in [0.717, 1.165) is 22.5 Å². The first kappa shape index (κ1) is 9.78. The first-order valence-corrected chi connectivity index (χ1v) is 5.36. The fourth-order valence-electron chi connectivity index (χ4n) is 1.75. The summed E-state index contributed by atoms with van der Waals surface area (Å²) in [6, 6.07) is 15.8. The van der Waals surface area contributed by atoms with E-state index in [1.807, 2.05) is 48.5 Å². The van der Waals surface area contributed by atoms with Gasteiger partial charge in [0.1, 0.15) is 12.0 Å². The molecular weight excluding hydrogens is 212 g/mol. The fourth-order valence-corrected chi connectivity index (χ4v) is 1.75. The van der Waals surface area contributed by atoms with Crippen molar-refractivity contribution in [3.8, 4) is 22.5 Å². The lowest BCUT2D eigenvalue weighted by Crippen LogP contribution is -1.84. The Morgan fingerprint density at radius 2 is 1.71 bits per heavy atom. The Labute approximate surface area is 98.7 Å². The van der Waals surface area contributed by atoms with Gasteiger partial charge in [0.05, 0.1) is 11.3 Å². The lowest BCUT2D eigenvalue weighted by atomic mass is 10.1. The van der Waals surface area contributed by atoms with Crippen LogP contribution in [0.2, 0.25) is 0 Å². The second-order valence-electron chi connectivity index (χ2n) is 3.66. The zero-order valence-electron chi connectivity index (χ0n) is 9.08. The summed E-state index contributed by atoms with van der Waals surface area (Å²) in [5, 5.41) is 4.03. The molecule has 2 aromatic heterocycles. The molecule has 0 spiro atoms. The van der Waals surface area contributed by atoms with Crippen molar-refractivity contribution < 1.29 is 4.52 Å². The standard InChI is InChI=1S/C14H10N2O/c1-2-6-11(7-3-1)12-10-17-16-14(12)13-8-4-5-9-15-13/h1-10H. The molecule has 3 aromatic rings. The third-order valence-electron chi connectivity index (χ3n) is 2.56. The molecule has 17 heavy (non-hydrogen) atoms. The van der Waals surface area contributed by atoms with Gasteiger partial charge in [0.25, 0.3) is 0 Å². The molecule has 0 bridgehead atoms. The molecule has 1 aromatic carbocycles. The lowest BCUT2D eigenvalue weighted by molar-refractivity contribution is 0.422. The number of benzene rings is 1. The number of pyridine rings is 1. The van der Waals surface area contributed by atoms with Crippen LogP contribution in [0.4, 0.5) is 0 Å². The van der Waals surface area contributed by atoms with Gasteiger partial charge in [-0.05, 0) is 17.7 Å². The van der Waals surface area contributed by atoms with Crippen molar-refractivity contribution in [1.82, 2.24) is 10.1 Å². The minimum atomic E-state index is 0.775. The average molecular weight is 222 g/mol. The molecular formula is C14H10N2O. The van der Waals surface area contributed by atoms with Gasteiger partial charge >= 0.3 is 0 Å². The van der Waals surface area contributed by atoms with Crippen molar-refractivity contribution in [3.63, 3.8) is 0 Å². The van der Waals surface area contributed by atoms with Crippen LogP contribution in [0.1, 0.15) is 0 Å². The Kier molecular flexibility index (Phi) is 2.43. The van der Waals surface area contributed by atoms with Crippen LogP contribution in [0.3, 0.4) is 0 Å². The van der Waals surface area contributed by atoms with E-state index in [2.05, 4.69) is 10.1 Å². The van der Waals surface area contributed by atoms with Gasteiger partial charge in [0.2, 0.25) is 0 Å². The van der Waals surface area contributed by atoms with E-state index >= 15 is 0 Å². The summed E-state index contributed by atoms with van der Waals surface area (Å²) in [5.74, 6) is 0. The smallest absolute Gasteiger partial charge is 0.140 e. The van der Waals surface area contributed by atoms with Crippen LogP contribution in [0.25, 0.3) is 22.5 Å². The molecule has 2 heterocycles. The van der Waals surface area contributed by atoms with Gasteiger partial charge in [-0.1, -0.05) is 41.6 Å². The van der Waals surface area contributed by atoms with Crippen molar-refractivity contribution >= 4 is 0 Å². The minimum absolute atomic E-state index is 0.775. The zero-order chi connectivity index (χ0) is 11.5. The van der Waals surface area contributed by atoms with Crippen LogP contribution in [0, 0.1) is 0 Å². The van der Waals surface area contributed by atoms with Crippen LogP contribution in [0.15, 0.2) is 65.5 Å². The highest BCUT2D eigenvalue weighted by molar-refractivity contribution is 5.77. The van der Waals surface area contributed by atoms with E-state index in [0.29, 0.717) is 0 Å². The Bertz CT molecular complexity index is 548. The summed E-state index contributed by atoms with van der Waals surface area (Å²) in [6.07, 6.45) is 3.40. The molecule has 3 nitrogen and oxygen atoms in total. The Morgan fingerprint density at radius 3 is 2.47 bits per heavy atom. The predicted octanol–water partition coefficient (Wildman–Crippen LogP) is 3.40. The molecule has 0 N–H and O–H groups in total. The van der Waals surface area contributed by atoms with Gasteiger partial charge in [-0.3, -0.25) is 4.98 Å². The summed E-state index contributed by atoms with van der Waals surface area (Å²) in [4.78, 5) is 4.28. The highest BCUT2D eigenvalue weighted by Gasteiger charge is 2.12. The number of rotatable bonds is 2. The number of hydrogen-bond acceptors (Lipinski definition) is 3. The number of hydrogen-bond donors (Lipinski definition) is 0. The van der Waals surface area contributed by atoms with Crippen LogP contribution in [-0.2, 0) is 0 Å². The maximum absolute atomic E-state index is 5.06. The molecule has 0 fully saturated rings. The summed E-state index contributed by atoms with van der Waals surface area (Å²) in [6.45, 7) is 0. The van der Waals surface area contributed by atoms with Crippen molar-refractivity contribution in [3.05, 3.63) is 61.0 Å². The Morgan fingerprint density at radius 1 is 0.882 bits per heavy atom. The second kappa shape index (κ2) is 4.22. The second-order valence-corrected chi connectivity index (χ2v) is 3.66. The number of nitrogens with zero attached hydrogens (tertiary/aromatic N) is 2. The monoisotopic (exact) mass is 222 g/mol. The summed E-state index contributed by atoms with van der Waals surface area (Å²) >= 11 is 0. The normalized spacial score (nSPS) is 10.4. The first-order valence-electron chi connectivity index (χ1n) is 5.36. The Hall–Kier alpha value is -2.42. The third-order valence-corrected chi connectivity index (χ3v) is 2.56. The van der Waals surface area contributed by atoms with Crippen LogP contribution in [0.5, 0.6) is 0 Å². The van der Waals surface area contributed by atoms with E-state index in [4.69, 9.17) is 4.52 Å². The highest BCUT2D eigenvalue weighted by Crippen LogP contribution is 2.29. The molecule has 0 saturated carbocycles. The fraction of sp³-hybridized carbons (Fsp3) is 0. The zero-order valence-corrected chi connectivity index (χ0v) is 9.08. The molecule has 0 radical (unpaired) electrons. The maximum Gasteiger partial charge on any atom is 0.140 e. The molecule has 3 rings (SSSR count). The maximum atomic E-state index is 5.06. The van der Waals surface area contributed by atoms with E-state index in [9.17, 15) is 0 Å². The van der Waals surface area contributed by atoms with E-state index < -0.39 is 0 Å². The molecule has 0 unspecified atom stereocenters. The van der Waals surface area contributed by atoms with Gasteiger partial charge in [-0.25, -0.2) is 0 Å². The highest BCUT2D eigenvalue weighted by atomic mass is 16.5. The van der Waals surface area contributed by atoms with Crippen molar-refractivity contribution in [1.29, 1.82) is 0 Å². The Balaban J connectivity index is 2.13. The van der Waals surface area contributed by atoms with Gasteiger partial charge < -0.3 is 4.52 Å². The summed E-state index contributed by atoms with van der Waals surface area (Å²) in [7, 11) is 0. The van der Waals surface area contributed by atoms with Gasteiger partial charge in [0, 0.05) is 6.20 Å². The average Bonchev–Trinajstić information content (AvgIpc) is 2.90. The summed E-state index contributed by atoms with van der Waals surface area (Å²) < 4.78 is 5.06. The molecule has 0 aliphatic heterocycles. The molecule has 0 atom stereocenters. The SMILES string of the molecule is c1ccc(-c2conc2-c2ccccn2)cc1. The number of aromatic nitrogens is 2. The minimum Gasteiger partial charge on any atom is -0.363 e. The summed E-state index contributed by atoms with van der Waals surface area (Å²) in [5.41, 5.74) is 3.63. The van der Waals surface area contributed by atoms with Crippen molar-refractivity contribution in [2.75, 3.05) is 0 Å². The molecule has 0 aliphatic carbocycles. The lowest BCUT2D eigenvalue weighted by Gasteiger charge is -1.99. The quantitative estimate of drug-likeness (QED) is 0.667. The van der Waals surface area contributed by atoms with Crippen molar-refractivity contribution in [2.45, 2.75) is 0 Å². The molecule has 0 saturated heterocycles. The van der Waals surface area contributed by atoms with Crippen molar-refractivity contribution in [2.24, 2.45) is 0 Å². The molecule has 0 aliphatic rings. The van der Waals surface area contributed by atoms with Gasteiger partial charge in [-0.2, -0.15) is 0 Å². The molecule has 82 valence electrons. The first-order chi connectivity index (χ1) is 8.45. The van der Waals surface area contributed by atoms with E-state index in [1.165, 1.54) is 0 Å².